The van der Waals surface area contributed by atoms with Crippen molar-refractivity contribution < 1.29 is 14.4 Å². The van der Waals surface area contributed by atoms with Crippen LogP contribution in [0, 0.1) is 5.92 Å². The molecule has 2 amide bonds. The zero-order valence-corrected chi connectivity index (χ0v) is 15.9. The highest BCUT2D eigenvalue weighted by Crippen LogP contribution is 2.18. The van der Waals surface area contributed by atoms with Gasteiger partial charge in [0.05, 0.1) is 10.9 Å². The molecule has 3 rings (SSSR count). The van der Waals surface area contributed by atoms with E-state index in [1.807, 2.05) is 16.3 Å². The minimum Gasteiger partial charge on any atom is -0.354 e. The van der Waals surface area contributed by atoms with Gasteiger partial charge in [0.2, 0.25) is 11.8 Å². The van der Waals surface area contributed by atoms with Crippen molar-refractivity contribution in [1.82, 2.24) is 15.5 Å². The predicted molar refractivity (Wildman–Crippen MR) is 101 cm³/mol. The SMILES string of the molecule is O=C(CCC(=O)N1CCCC(CNC(=O)C2CCCN2)C1)c1cccs1. The lowest BCUT2D eigenvalue weighted by Crippen LogP contribution is -2.46. The molecule has 7 heteroatoms. The Morgan fingerprint density at radius 2 is 2.12 bits per heavy atom. The fourth-order valence-electron chi connectivity index (χ4n) is 3.67. The second-order valence-electron chi connectivity index (χ2n) is 7.14. The highest BCUT2D eigenvalue weighted by Gasteiger charge is 2.26. The number of hydrogen-bond donors (Lipinski definition) is 2. The molecule has 2 atom stereocenters. The minimum atomic E-state index is -0.0559. The summed E-state index contributed by atoms with van der Waals surface area (Å²) in [5.41, 5.74) is 0. The number of thiophene rings is 1. The molecule has 2 saturated heterocycles. The zero-order chi connectivity index (χ0) is 18.4. The van der Waals surface area contributed by atoms with Gasteiger partial charge in [-0.3, -0.25) is 14.4 Å². The highest BCUT2D eigenvalue weighted by molar-refractivity contribution is 7.12. The largest absolute Gasteiger partial charge is 0.354 e. The van der Waals surface area contributed by atoms with Crippen molar-refractivity contribution in [2.45, 2.75) is 44.6 Å². The topological polar surface area (TPSA) is 78.5 Å². The summed E-state index contributed by atoms with van der Waals surface area (Å²) in [6.07, 6.45) is 4.46. The lowest BCUT2D eigenvalue weighted by atomic mass is 9.97. The average molecular weight is 378 g/mol. The Bertz CT molecular complexity index is 626. The number of amides is 2. The summed E-state index contributed by atoms with van der Waals surface area (Å²) in [6, 6.07) is 3.60. The third-order valence-corrected chi connectivity index (χ3v) is 6.09. The molecule has 2 N–H and O–H groups in total. The quantitative estimate of drug-likeness (QED) is 0.711. The van der Waals surface area contributed by atoms with Gasteiger partial charge in [0.15, 0.2) is 5.78 Å². The Kier molecular flexibility index (Phi) is 6.80. The number of rotatable bonds is 7. The first kappa shape index (κ1) is 19.0. The summed E-state index contributed by atoms with van der Waals surface area (Å²) in [6.45, 7) is 2.95. The lowest BCUT2D eigenvalue weighted by Gasteiger charge is -2.33. The van der Waals surface area contributed by atoms with Crippen LogP contribution in [0.5, 0.6) is 0 Å². The molecule has 1 aromatic rings. The van der Waals surface area contributed by atoms with Gasteiger partial charge in [0.25, 0.3) is 0 Å². The van der Waals surface area contributed by atoms with Crippen LogP contribution in [0.15, 0.2) is 17.5 Å². The van der Waals surface area contributed by atoms with Gasteiger partial charge in [0, 0.05) is 32.5 Å². The van der Waals surface area contributed by atoms with Gasteiger partial charge in [-0.15, -0.1) is 11.3 Å². The molecule has 0 aliphatic carbocycles. The smallest absolute Gasteiger partial charge is 0.237 e. The summed E-state index contributed by atoms with van der Waals surface area (Å²) in [5.74, 6) is 0.458. The molecule has 142 valence electrons. The maximum absolute atomic E-state index is 12.4. The molecule has 2 fully saturated rings. The Labute approximate surface area is 158 Å². The van der Waals surface area contributed by atoms with E-state index in [1.54, 1.807) is 6.07 Å². The van der Waals surface area contributed by atoms with Crippen molar-refractivity contribution >= 4 is 28.9 Å². The first-order valence-electron chi connectivity index (χ1n) is 9.49. The lowest BCUT2D eigenvalue weighted by molar-refractivity contribution is -0.132. The van der Waals surface area contributed by atoms with Gasteiger partial charge in [-0.2, -0.15) is 0 Å². The van der Waals surface area contributed by atoms with Crippen LogP contribution in [0.1, 0.15) is 48.2 Å². The summed E-state index contributed by atoms with van der Waals surface area (Å²) >= 11 is 1.42. The van der Waals surface area contributed by atoms with Crippen LogP contribution >= 0.6 is 11.3 Å². The van der Waals surface area contributed by atoms with Crippen LogP contribution in [0.2, 0.25) is 0 Å². The predicted octanol–water partition coefficient (Wildman–Crippen LogP) is 1.82. The third-order valence-electron chi connectivity index (χ3n) is 5.18. The van der Waals surface area contributed by atoms with Crippen molar-refractivity contribution in [3.05, 3.63) is 22.4 Å². The van der Waals surface area contributed by atoms with Gasteiger partial charge in [-0.05, 0) is 49.6 Å². The van der Waals surface area contributed by atoms with E-state index in [-0.39, 0.29) is 36.5 Å². The number of nitrogens with zero attached hydrogens (tertiary/aromatic N) is 1. The minimum absolute atomic E-state index is 0.0400. The van der Waals surface area contributed by atoms with Gasteiger partial charge in [0.1, 0.15) is 0 Å². The van der Waals surface area contributed by atoms with Gasteiger partial charge < -0.3 is 15.5 Å². The van der Waals surface area contributed by atoms with E-state index in [0.29, 0.717) is 19.0 Å². The van der Waals surface area contributed by atoms with E-state index in [1.165, 1.54) is 11.3 Å². The molecule has 2 aliphatic rings. The van der Waals surface area contributed by atoms with Crippen molar-refractivity contribution in [2.75, 3.05) is 26.2 Å². The van der Waals surface area contributed by atoms with Crippen molar-refractivity contribution in [3.63, 3.8) is 0 Å². The van der Waals surface area contributed by atoms with Crippen molar-refractivity contribution in [3.8, 4) is 0 Å². The van der Waals surface area contributed by atoms with Crippen LogP contribution in [0.3, 0.4) is 0 Å². The second kappa shape index (κ2) is 9.28. The Hall–Kier alpha value is -1.73. The molecule has 3 heterocycles. The summed E-state index contributed by atoms with van der Waals surface area (Å²) in [4.78, 5) is 39.2. The number of piperidine rings is 1. The summed E-state index contributed by atoms with van der Waals surface area (Å²) in [5, 5.41) is 8.11. The van der Waals surface area contributed by atoms with Crippen molar-refractivity contribution in [2.24, 2.45) is 5.92 Å². The van der Waals surface area contributed by atoms with Crippen LogP contribution in [-0.4, -0.2) is 54.7 Å². The van der Waals surface area contributed by atoms with E-state index in [9.17, 15) is 14.4 Å². The molecule has 1 aromatic heterocycles. The molecule has 6 nitrogen and oxygen atoms in total. The van der Waals surface area contributed by atoms with Gasteiger partial charge >= 0.3 is 0 Å². The second-order valence-corrected chi connectivity index (χ2v) is 8.09. The van der Waals surface area contributed by atoms with E-state index in [0.717, 1.165) is 43.6 Å². The Balaban J connectivity index is 1.40. The maximum Gasteiger partial charge on any atom is 0.237 e. The number of ketones is 1. The fraction of sp³-hybridized carbons (Fsp3) is 0.632. The first-order chi connectivity index (χ1) is 12.6. The van der Waals surface area contributed by atoms with Crippen LogP contribution in [-0.2, 0) is 9.59 Å². The molecule has 2 aliphatic heterocycles. The fourth-order valence-corrected chi connectivity index (χ4v) is 4.37. The maximum atomic E-state index is 12.4. The van der Waals surface area contributed by atoms with Crippen molar-refractivity contribution in [1.29, 1.82) is 0 Å². The number of nitrogens with one attached hydrogen (secondary N) is 2. The van der Waals surface area contributed by atoms with Crippen LogP contribution < -0.4 is 10.6 Å². The number of likely N-dealkylation sites (tertiary alicyclic amines) is 1. The molecular formula is C19H27N3O3S. The Morgan fingerprint density at radius 1 is 1.23 bits per heavy atom. The summed E-state index contributed by atoms with van der Waals surface area (Å²) < 4.78 is 0. The van der Waals surface area contributed by atoms with Crippen LogP contribution in [0.25, 0.3) is 0 Å². The van der Waals surface area contributed by atoms with E-state index in [2.05, 4.69) is 10.6 Å². The molecule has 0 radical (unpaired) electrons. The monoisotopic (exact) mass is 377 g/mol. The third kappa shape index (κ3) is 5.14. The zero-order valence-electron chi connectivity index (χ0n) is 15.0. The number of Topliss-reactive ketones (excluding diaryl/α,β-unsaturated/α-hetero) is 1. The average Bonchev–Trinajstić information content (AvgIpc) is 3.38. The van der Waals surface area contributed by atoms with Crippen LogP contribution in [0.4, 0.5) is 0 Å². The molecule has 0 aromatic carbocycles. The Morgan fingerprint density at radius 3 is 2.85 bits per heavy atom. The number of carbonyl (C=O) groups is 3. The molecule has 0 bridgehead atoms. The summed E-state index contributed by atoms with van der Waals surface area (Å²) in [7, 11) is 0. The molecule has 2 unspecified atom stereocenters. The number of hydrogen-bond acceptors (Lipinski definition) is 5. The molecule has 0 spiro atoms. The highest BCUT2D eigenvalue weighted by atomic mass is 32.1. The first-order valence-corrected chi connectivity index (χ1v) is 10.4. The van der Waals surface area contributed by atoms with Gasteiger partial charge in [-0.1, -0.05) is 6.07 Å². The molecule has 26 heavy (non-hydrogen) atoms. The standard InChI is InChI=1S/C19H27N3O3S/c23-16(17-6-3-11-26-17)7-8-18(24)22-10-2-4-14(13-22)12-21-19(25)15-5-1-9-20-15/h3,6,11,14-15,20H,1-2,4-5,7-10,12-13H2,(H,21,25). The van der Waals surface area contributed by atoms with E-state index in [4.69, 9.17) is 0 Å². The van der Waals surface area contributed by atoms with Gasteiger partial charge in [-0.25, -0.2) is 0 Å². The number of carbonyl (C=O) groups excluding carboxylic acids is 3. The van der Waals surface area contributed by atoms with E-state index >= 15 is 0 Å². The molecule has 0 saturated carbocycles. The normalized spacial score (nSPS) is 23.0. The molecular weight excluding hydrogens is 350 g/mol. The van der Waals surface area contributed by atoms with E-state index < -0.39 is 0 Å².